The molecule has 0 spiro atoms. The number of carbonyl (C=O) groups excluding carboxylic acids is 2. The molecule has 2 amide bonds. The molecule has 0 aliphatic carbocycles. The van der Waals surface area contributed by atoms with Gasteiger partial charge in [-0.2, -0.15) is 0 Å². The van der Waals surface area contributed by atoms with Gasteiger partial charge in [-0.3, -0.25) is 19.4 Å². The summed E-state index contributed by atoms with van der Waals surface area (Å²) < 4.78 is 0. The Labute approximate surface area is 184 Å². The van der Waals surface area contributed by atoms with Crippen molar-refractivity contribution in [3.63, 3.8) is 0 Å². The minimum Gasteiger partial charge on any atom is -0.342 e. The molecule has 0 unspecified atom stereocenters. The lowest BCUT2D eigenvalue weighted by Gasteiger charge is -2.34. The van der Waals surface area contributed by atoms with E-state index in [9.17, 15) is 9.59 Å². The predicted octanol–water partition coefficient (Wildman–Crippen LogP) is 2.96. The number of carbonyl (C=O) groups is 2. The van der Waals surface area contributed by atoms with Gasteiger partial charge in [0.05, 0.1) is 0 Å². The van der Waals surface area contributed by atoms with Crippen molar-refractivity contribution in [3.05, 3.63) is 65.7 Å². The van der Waals surface area contributed by atoms with Crippen molar-refractivity contribution < 1.29 is 9.59 Å². The van der Waals surface area contributed by atoms with Gasteiger partial charge in [0.15, 0.2) is 0 Å². The van der Waals surface area contributed by atoms with Crippen LogP contribution in [0.2, 0.25) is 0 Å². The van der Waals surface area contributed by atoms with Gasteiger partial charge in [0.2, 0.25) is 11.8 Å². The molecule has 0 aromatic heterocycles. The first kappa shape index (κ1) is 21.5. The van der Waals surface area contributed by atoms with Gasteiger partial charge in [-0.05, 0) is 29.7 Å². The normalized spacial score (nSPS) is 17.8. The highest BCUT2D eigenvalue weighted by atomic mass is 16.2. The zero-order valence-corrected chi connectivity index (χ0v) is 18.1. The first-order chi connectivity index (χ1) is 15.2. The van der Waals surface area contributed by atoms with Crippen LogP contribution in [0.25, 0.3) is 0 Å². The zero-order chi connectivity index (χ0) is 21.5. The van der Waals surface area contributed by atoms with E-state index in [-0.39, 0.29) is 11.8 Å². The summed E-state index contributed by atoms with van der Waals surface area (Å²) in [6.45, 7) is 7.56. The number of hydrogen-bond acceptors (Lipinski definition) is 4. The average Bonchev–Trinajstić information content (AvgIpc) is 3.20. The summed E-state index contributed by atoms with van der Waals surface area (Å²) in [7, 11) is 0. The Morgan fingerprint density at radius 3 is 2.00 bits per heavy atom. The lowest BCUT2D eigenvalue weighted by molar-refractivity contribution is -0.128. The largest absolute Gasteiger partial charge is 0.342 e. The highest BCUT2D eigenvalue weighted by Gasteiger charge is 2.20. The van der Waals surface area contributed by atoms with Crippen LogP contribution < -0.4 is 5.32 Å². The molecule has 6 nitrogen and oxygen atoms in total. The third kappa shape index (κ3) is 6.39. The van der Waals surface area contributed by atoms with E-state index in [1.165, 1.54) is 11.1 Å². The zero-order valence-electron chi connectivity index (χ0n) is 18.1. The number of likely N-dealkylation sites (tertiary alicyclic amines) is 1. The van der Waals surface area contributed by atoms with Crippen LogP contribution in [0.4, 0.5) is 5.69 Å². The average molecular weight is 421 g/mol. The maximum Gasteiger partial charge on any atom is 0.226 e. The van der Waals surface area contributed by atoms with Crippen molar-refractivity contribution in [1.29, 1.82) is 0 Å². The van der Waals surface area contributed by atoms with Gasteiger partial charge < -0.3 is 10.2 Å². The maximum atomic E-state index is 12.2. The van der Waals surface area contributed by atoms with Gasteiger partial charge in [-0.25, -0.2) is 0 Å². The molecule has 2 aromatic rings. The topological polar surface area (TPSA) is 55.9 Å². The van der Waals surface area contributed by atoms with E-state index in [1.807, 2.05) is 12.1 Å². The van der Waals surface area contributed by atoms with E-state index in [0.717, 1.165) is 57.9 Å². The van der Waals surface area contributed by atoms with Gasteiger partial charge in [0.25, 0.3) is 0 Å². The fourth-order valence-corrected chi connectivity index (χ4v) is 4.30. The molecule has 164 valence electrons. The Morgan fingerprint density at radius 2 is 1.42 bits per heavy atom. The second-order valence-electron chi connectivity index (χ2n) is 8.52. The summed E-state index contributed by atoms with van der Waals surface area (Å²) in [5.74, 6) is 0.125. The molecule has 2 aliphatic rings. The number of hydrogen-bond donors (Lipinski definition) is 1. The molecule has 2 aromatic carbocycles. The summed E-state index contributed by atoms with van der Waals surface area (Å²) in [4.78, 5) is 30.6. The molecule has 2 saturated heterocycles. The van der Waals surface area contributed by atoms with Crippen LogP contribution in [0.1, 0.15) is 30.4 Å². The van der Waals surface area contributed by atoms with E-state index in [2.05, 4.69) is 57.6 Å². The monoisotopic (exact) mass is 420 g/mol. The maximum absolute atomic E-state index is 12.2. The molecule has 1 N–H and O–H groups in total. The van der Waals surface area contributed by atoms with Crippen molar-refractivity contribution in [1.82, 2.24) is 14.7 Å². The molecule has 2 aliphatic heterocycles. The van der Waals surface area contributed by atoms with Crippen LogP contribution in [-0.2, 0) is 22.7 Å². The number of amides is 2. The molecule has 4 rings (SSSR count). The second-order valence-corrected chi connectivity index (χ2v) is 8.52. The molecule has 0 bridgehead atoms. The Kier molecular flexibility index (Phi) is 7.33. The van der Waals surface area contributed by atoms with Crippen LogP contribution in [-0.4, -0.2) is 65.8 Å². The molecule has 2 fully saturated rings. The number of benzene rings is 2. The Hall–Kier alpha value is -2.70. The smallest absolute Gasteiger partial charge is 0.226 e. The first-order valence-corrected chi connectivity index (χ1v) is 11.3. The van der Waals surface area contributed by atoms with Gasteiger partial charge in [0, 0.05) is 70.9 Å². The quantitative estimate of drug-likeness (QED) is 0.713. The summed E-state index contributed by atoms with van der Waals surface area (Å²) in [6.07, 6.45) is 1.87. The summed E-state index contributed by atoms with van der Waals surface area (Å²) >= 11 is 0. The van der Waals surface area contributed by atoms with Crippen molar-refractivity contribution in [3.8, 4) is 0 Å². The molecular weight excluding hydrogens is 388 g/mol. The second kappa shape index (κ2) is 10.6. The minimum atomic E-state index is -0.0398. The molecule has 0 atom stereocenters. The van der Waals surface area contributed by atoms with E-state index >= 15 is 0 Å². The van der Waals surface area contributed by atoms with E-state index in [4.69, 9.17) is 0 Å². The van der Waals surface area contributed by atoms with Gasteiger partial charge in [0.1, 0.15) is 0 Å². The van der Waals surface area contributed by atoms with Crippen LogP contribution >= 0.6 is 0 Å². The minimum absolute atomic E-state index is 0.0398. The molecule has 0 radical (unpaired) electrons. The summed E-state index contributed by atoms with van der Waals surface area (Å²) in [5.41, 5.74) is 3.45. The standard InChI is InChI=1S/C25H32N4O2/c30-24(12-14-29-13-4-7-25(29)31)26-23-10-8-22(9-11-23)20-28-17-15-27(16-18-28)19-21-5-2-1-3-6-21/h1-3,5-6,8-11H,4,7,12-20H2,(H,26,30). The predicted molar refractivity (Wildman–Crippen MR) is 122 cm³/mol. The van der Waals surface area contributed by atoms with Gasteiger partial charge >= 0.3 is 0 Å². The highest BCUT2D eigenvalue weighted by Crippen LogP contribution is 2.15. The van der Waals surface area contributed by atoms with Crippen molar-refractivity contribution >= 4 is 17.5 Å². The Morgan fingerprint density at radius 1 is 0.806 bits per heavy atom. The molecule has 0 saturated carbocycles. The fraction of sp³-hybridized carbons (Fsp3) is 0.440. The lowest BCUT2D eigenvalue weighted by atomic mass is 10.1. The van der Waals surface area contributed by atoms with E-state index < -0.39 is 0 Å². The third-order valence-electron chi connectivity index (χ3n) is 6.14. The molecule has 31 heavy (non-hydrogen) atoms. The van der Waals surface area contributed by atoms with Crippen LogP contribution in [0.15, 0.2) is 54.6 Å². The van der Waals surface area contributed by atoms with Crippen LogP contribution in [0.3, 0.4) is 0 Å². The van der Waals surface area contributed by atoms with E-state index in [1.54, 1.807) is 4.90 Å². The number of nitrogens with zero attached hydrogens (tertiary/aromatic N) is 3. The van der Waals surface area contributed by atoms with Crippen molar-refractivity contribution in [2.45, 2.75) is 32.4 Å². The third-order valence-corrected chi connectivity index (χ3v) is 6.14. The Bertz CT molecular complexity index is 861. The first-order valence-electron chi connectivity index (χ1n) is 11.3. The van der Waals surface area contributed by atoms with Crippen molar-refractivity contribution in [2.75, 3.05) is 44.6 Å². The van der Waals surface area contributed by atoms with Crippen LogP contribution in [0.5, 0.6) is 0 Å². The van der Waals surface area contributed by atoms with Crippen molar-refractivity contribution in [2.24, 2.45) is 0 Å². The summed E-state index contributed by atoms with van der Waals surface area (Å²) in [5, 5.41) is 2.94. The van der Waals surface area contributed by atoms with Gasteiger partial charge in [-0.15, -0.1) is 0 Å². The number of anilines is 1. The molecule has 6 heteroatoms. The number of piperazine rings is 1. The number of rotatable bonds is 8. The van der Waals surface area contributed by atoms with Crippen LogP contribution in [0, 0.1) is 0 Å². The highest BCUT2D eigenvalue weighted by molar-refractivity contribution is 5.91. The number of nitrogens with one attached hydrogen (secondary N) is 1. The lowest BCUT2D eigenvalue weighted by Crippen LogP contribution is -2.45. The Balaban J connectivity index is 1.17. The molecular formula is C25H32N4O2. The molecule has 2 heterocycles. The SMILES string of the molecule is O=C(CCN1CCCC1=O)Nc1ccc(CN2CCN(Cc3ccccc3)CC2)cc1. The van der Waals surface area contributed by atoms with E-state index in [0.29, 0.717) is 19.4 Å². The fourth-order valence-electron chi connectivity index (χ4n) is 4.30. The summed E-state index contributed by atoms with van der Waals surface area (Å²) in [6, 6.07) is 18.8. The van der Waals surface area contributed by atoms with Gasteiger partial charge in [-0.1, -0.05) is 42.5 Å².